The predicted molar refractivity (Wildman–Crippen MR) is 110 cm³/mol. The van der Waals surface area contributed by atoms with Crippen molar-refractivity contribution in [3.63, 3.8) is 0 Å². The first kappa shape index (κ1) is 19.0. The summed E-state index contributed by atoms with van der Waals surface area (Å²) < 4.78 is 7.28. The summed E-state index contributed by atoms with van der Waals surface area (Å²) in [6.07, 6.45) is 2.99. The quantitative estimate of drug-likeness (QED) is 0.623. The zero-order valence-corrected chi connectivity index (χ0v) is 16.9. The summed E-state index contributed by atoms with van der Waals surface area (Å²) in [5.74, 6) is 1.23. The van der Waals surface area contributed by atoms with Gasteiger partial charge in [0.05, 0.1) is 28.8 Å². The Balaban J connectivity index is 1.21. The fourth-order valence-electron chi connectivity index (χ4n) is 3.25. The molecule has 1 saturated heterocycles. The number of carbonyl (C=O) groups is 2. The number of thiazole rings is 1. The number of fused-ring (bicyclic) bond motifs is 1. The van der Waals surface area contributed by atoms with Gasteiger partial charge in [-0.1, -0.05) is 23.9 Å². The number of aromatic nitrogens is 1. The molecule has 2 aromatic heterocycles. The van der Waals surface area contributed by atoms with E-state index in [1.165, 1.54) is 11.8 Å². The Kier molecular flexibility index (Phi) is 5.97. The molecule has 0 atom stereocenters. The van der Waals surface area contributed by atoms with Crippen LogP contribution < -0.4 is 5.32 Å². The van der Waals surface area contributed by atoms with Crippen LogP contribution in [0.25, 0.3) is 10.2 Å². The second-order valence-electron chi connectivity index (χ2n) is 6.69. The van der Waals surface area contributed by atoms with Crippen LogP contribution in [0.4, 0.5) is 0 Å². The SMILES string of the molecule is O=C(NCc1ccco1)C1CCN(C(=O)CSc2nc3ccccc3s2)CC1. The minimum Gasteiger partial charge on any atom is -0.467 e. The van der Waals surface area contributed by atoms with Gasteiger partial charge >= 0.3 is 0 Å². The minimum atomic E-state index is -0.0454. The lowest BCUT2D eigenvalue weighted by Gasteiger charge is -2.31. The molecule has 0 bridgehead atoms. The first-order valence-electron chi connectivity index (χ1n) is 9.25. The number of likely N-dealkylation sites (tertiary alicyclic amines) is 1. The smallest absolute Gasteiger partial charge is 0.233 e. The van der Waals surface area contributed by atoms with E-state index < -0.39 is 0 Å². The summed E-state index contributed by atoms with van der Waals surface area (Å²) in [4.78, 5) is 31.2. The van der Waals surface area contributed by atoms with Gasteiger partial charge in [0.25, 0.3) is 0 Å². The van der Waals surface area contributed by atoms with E-state index in [4.69, 9.17) is 4.42 Å². The molecular weight excluding hydrogens is 394 g/mol. The lowest BCUT2D eigenvalue weighted by atomic mass is 9.96. The van der Waals surface area contributed by atoms with Crippen molar-refractivity contribution in [3.8, 4) is 0 Å². The van der Waals surface area contributed by atoms with Crippen LogP contribution in [-0.2, 0) is 16.1 Å². The molecule has 3 heterocycles. The average Bonchev–Trinajstić information content (AvgIpc) is 3.39. The summed E-state index contributed by atoms with van der Waals surface area (Å²) in [5, 5.41) is 2.91. The largest absolute Gasteiger partial charge is 0.467 e. The van der Waals surface area contributed by atoms with Gasteiger partial charge in [-0.15, -0.1) is 11.3 Å². The Morgan fingerprint density at radius 3 is 2.79 bits per heavy atom. The summed E-state index contributed by atoms with van der Waals surface area (Å²) in [6.45, 7) is 1.65. The van der Waals surface area contributed by atoms with E-state index in [1.807, 2.05) is 35.2 Å². The van der Waals surface area contributed by atoms with E-state index in [2.05, 4.69) is 10.3 Å². The maximum atomic E-state index is 12.5. The average molecular weight is 416 g/mol. The van der Waals surface area contributed by atoms with Crippen LogP contribution >= 0.6 is 23.1 Å². The maximum Gasteiger partial charge on any atom is 0.233 e. The van der Waals surface area contributed by atoms with Crippen molar-refractivity contribution in [1.82, 2.24) is 15.2 Å². The van der Waals surface area contributed by atoms with Gasteiger partial charge in [0.1, 0.15) is 5.76 Å². The van der Waals surface area contributed by atoms with Crippen LogP contribution in [0.3, 0.4) is 0 Å². The number of thioether (sulfide) groups is 1. The number of nitrogens with one attached hydrogen (secondary N) is 1. The molecule has 0 saturated carbocycles. The molecule has 28 heavy (non-hydrogen) atoms. The number of amides is 2. The van der Waals surface area contributed by atoms with Crippen molar-refractivity contribution in [2.24, 2.45) is 5.92 Å². The Labute approximate surface area is 171 Å². The number of carbonyl (C=O) groups excluding carboxylic acids is 2. The molecule has 2 amide bonds. The Morgan fingerprint density at radius 1 is 1.21 bits per heavy atom. The summed E-state index contributed by atoms with van der Waals surface area (Å²) in [6, 6.07) is 11.6. The van der Waals surface area contributed by atoms with Crippen LogP contribution in [0.15, 0.2) is 51.4 Å². The van der Waals surface area contributed by atoms with Gasteiger partial charge < -0.3 is 14.6 Å². The van der Waals surface area contributed by atoms with Crippen LogP contribution in [0.2, 0.25) is 0 Å². The number of benzene rings is 1. The number of hydrogen-bond donors (Lipinski definition) is 1. The van der Waals surface area contributed by atoms with E-state index >= 15 is 0 Å². The molecule has 3 aromatic rings. The molecule has 4 rings (SSSR count). The van der Waals surface area contributed by atoms with E-state index in [1.54, 1.807) is 23.7 Å². The second kappa shape index (κ2) is 8.79. The normalized spacial score (nSPS) is 15.1. The molecule has 0 spiro atoms. The second-order valence-corrected chi connectivity index (χ2v) is 8.94. The lowest BCUT2D eigenvalue weighted by Crippen LogP contribution is -2.43. The fourth-order valence-corrected chi connectivity index (χ4v) is 5.22. The zero-order valence-electron chi connectivity index (χ0n) is 15.3. The van der Waals surface area contributed by atoms with Gasteiger partial charge in [-0.25, -0.2) is 4.98 Å². The summed E-state index contributed by atoms with van der Waals surface area (Å²) >= 11 is 3.10. The molecule has 8 heteroatoms. The molecule has 6 nitrogen and oxygen atoms in total. The van der Waals surface area contributed by atoms with Crippen molar-refractivity contribution < 1.29 is 14.0 Å². The topological polar surface area (TPSA) is 75.4 Å². The van der Waals surface area contributed by atoms with Gasteiger partial charge in [0, 0.05) is 19.0 Å². The molecule has 1 N–H and O–H groups in total. The van der Waals surface area contributed by atoms with Crippen molar-refractivity contribution in [2.75, 3.05) is 18.8 Å². The van der Waals surface area contributed by atoms with Crippen molar-refractivity contribution in [2.45, 2.75) is 23.7 Å². The van der Waals surface area contributed by atoms with Gasteiger partial charge in [-0.05, 0) is 37.1 Å². The lowest BCUT2D eigenvalue weighted by molar-refractivity contribution is -0.133. The van der Waals surface area contributed by atoms with E-state index in [-0.39, 0.29) is 17.7 Å². The zero-order chi connectivity index (χ0) is 19.3. The predicted octanol–water partition coefficient (Wildman–Crippen LogP) is 3.54. The highest BCUT2D eigenvalue weighted by Gasteiger charge is 2.27. The summed E-state index contributed by atoms with van der Waals surface area (Å²) in [5.41, 5.74) is 0.976. The van der Waals surface area contributed by atoms with E-state index in [0.29, 0.717) is 38.2 Å². The molecule has 0 unspecified atom stereocenters. The monoisotopic (exact) mass is 415 g/mol. The maximum absolute atomic E-state index is 12.5. The molecule has 0 aliphatic carbocycles. The van der Waals surface area contributed by atoms with Crippen molar-refractivity contribution in [1.29, 1.82) is 0 Å². The number of nitrogens with zero attached hydrogens (tertiary/aromatic N) is 2. The number of piperidine rings is 1. The number of para-hydroxylation sites is 1. The Morgan fingerprint density at radius 2 is 2.04 bits per heavy atom. The minimum absolute atomic E-state index is 0.0346. The number of furan rings is 1. The third-order valence-corrected chi connectivity index (χ3v) is 6.99. The molecular formula is C20H21N3O3S2. The molecule has 1 aliphatic heterocycles. The third kappa shape index (κ3) is 4.56. The Bertz CT molecular complexity index is 914. The van der Waals surface area contributed by atoms with Gasteiger partial charge in [-0.2, -0.15) is 0 Å². The highest BCUT2D eigenvalue weighted by molar-refractivity contribution is 8.01. The first-order chi connectivity index (χ1) is 13.7. The van der Waals surface area contributed by atoms with Crippen LogP contribution in [0, 0.1) is 5.92 Å². The van der Waals surface area contributed by atoms with Crippen molar-refractivity contribution in [3.05, 3.63) is 48.4 Å². The third-order valence-electron chi connectivity index (χ3n) is 4.83. The van der Waals surface area contributed by atoms with Crippen LogP contribution in [0.5, 0.6) is 0 Å². The molecule has 1 aliphatic rings. The summed E-state index contributed by atoms with van der Waals surface area (Å²) in [7, 11) is 0. The van der Waals surface area contributed by atoms with Gasteiger partial charge in [-0.3, -0.25) is 9.59 Å². The van der Waals surface area contributed by atoms with Gasteiger partial charge in [0.15, 0.2) is 4.34 Å². The first-order valence-corrected chi connectivity index (χ1v) is 11.1. The molecule has 1 aromatic carbocycles. The molecule has 146 valence electrons. The molecule has 0 radical (unpaired) electrons. The number of hydrogen-bond acceptors (Lipinski definition) is 6. The number of rotatable bonds is 6. The van der Waals surface area contributed by atoms with E-state index in [9.17, 15) is 9.59 Å². The fraction of sp³-hybridized carbons (Fsp3) is 0.350. The highest BCUT2D eigenvalue weighted by Crippen LogP contribution is 2.29. The van der Waals surface area contributed by atoms with Crippen LogP contribution in [0.1, 0.15) is 18.6 Å². The van der Waals surface area contributed by atoms with E-state index in [0.717, 1.165) is 20.3 Å². The molecule has 1 fully saturated rings. The highest BCUT2D eigenvalue weighted by atomic mass is 32.2. The standard InChI is InChI=1S/C20H21N3O3S2/c24-18(13-27-20-22-16-5-1-2-6-17(16)28-20)23-9-7-14(8-10-23)19(25)21-12-15-4-3-11-26-15/h1-6,11,14H,7-10,12-13H2,(H,21,25). The van der Waals surface area contributed by atoms with Gasteiger partial charge in [0.2, 0.25) is 11.8 Å². The van der Waals surface area contributed by atoms with Crippen LogP contribution in [-0.4, -0.2) is 40.5 Å². The van der Waals surface area contributed by atoms with Crippen molar-refractivity contribution >= 4 is 45.1 Å². The Hall–Kier alpha value is -2.32.